The Hall–Kier alpha value is -1.51. The molecule has 0 saturated carbocycles. The fourth-order valence-electron chi connectivity index (χ4n) is 2.08. The summed E-state index contributed by atoms with van der Waals surface area (Å²) in [6.45, 7) is 11.3. The SMILES string of the molecule is CCCCN(Cc1cccc(CC)c1)C(=O)OC(C)(C)C. The average Bonchev–Trinajstić information content (AvgIpc) is 2.41. The van der Waals surface area contributed by atoms with E-state index in [0.29, 0.717) is 6.54 Å². The van der Waals surface area contributed by atoms with Crippen molar-refractivity contribution < 1.29 is 9.53 Å². The lowest BCUT2D eigenvalue weighted by atomic mass is 10.1. The van der Waals surface area contributed by atoms with Crippen LogP contribution in [0.4, 0.5) is 4.79 Å². The first-order valence-electron chi connectivity index (χ1n) is 7.91. The molecule has 0 unspecified atom stereocenters. The van der Waals surface area contributed by atoms with Gasteiger partial charge in [0.2, 0.25) is 0 Å². The number of carbonyl (C=O) groups excluding carboxylic acids is 1. The highest BCUT2D eigenvalue weighted by molar-refractivity contribution is 5.68. The number of ether oxygens (including phenoxy) is 1. The van der Waals surface area contributed by atoms with Gasteiger partial charge in [0, 0.05) is 13.1 Å². The Balaban J connectivity index is 2.79. The van der Waals surface area contributed by atoms with E-state index < -0.39 is 5.60 Å². The van der Waals surface area contributed by atoms with E-state index in [-0.39, 0.29) is 6.09 Å². The van der Waals surface area contributed by atoms with Crippen molar-refractivity contribution in [3.63, 3.8) is 0 Å². The van der Waals surface area contributed by atoms with E-state index in [1.807, 2.05) is 25.7 Å². The van der Waals surface area contributed by atoms with Crippen molar-refractivity contribution in [2.75, 3.05) is 6.54 Å². The number of hydrogen-bond acceptors (Lipinski definition) is 2. The number of amides is 1. The minimum absolute atomic E-state index is 0.224. The second kappa shape index (κ2) is 8.06. The molecule has 0 aliphatic rings. The summed E-state index contributed by atoms with van der Waals surface area (Å²) in [5, 5.41) is 0. The Morgan fingerprint density at radius 1 is 1.19 bits per heavy atom. The van der Waals surface area contributed by atoms with Crippen LogP contribution >= 0.6 is 0 Å². The van der Waals surface area contributed by atoms with Crippen molar-refractivity contribution in [2.24, 2.45) is 0 Å². The predicted molar refractivity (Wildman–Crippen MR) is 87.4 cm³/mol. The zero-order valence-corrected chi connectivity index (χ0v) is 14.1. The fourth-order valence-corrected chi connectivity index (χ4v) is 2.08. The van der Waals surface area contributed by atoms with Crippen LogP contribution in [0.2, 0.25) is 0 Å². The molecule has 1 amide bonds. The lowest BCUT2D eigenvalue weighted by Crippen LogP contribution is -2.37. The summed E-state index contributed by atoms with van der Waals surface area (Å²) in [7, 11) is 0. The smallest absolute Gasteiger partial charge is 0.410 e. The molecule has 0 heterocycles. The molecule has 0 aromatic heterocycles. The second-order valence-electron chi connectivity index (χ2n) is 6.43. The number of hydrogen-bond donors (Lipinski definition) is 0. The Labute approximate surface area is 129 Å². The van der Waals surface area contributed by atoms with Crippen molar-refractivity contribution in [3.8, 4) is 0 Å². The summed E-state index contributed by atoms with van der Waals surface area (Å²) < 4.78 is 5.51. The highest BCUT2D eigenvalue weighted by Crippen LogP contribution is 2.14. The summed E-state index contributed by atoms with van der Waals surface area (Å²) in [6, 6.07) is 8.42. The van der Waals surface area contributed by atoms with Gasteiger partial charge in [-0.25, -0.2) is 4.79 Å². The van der Waals surface area contributed by atoms with Gasteiger partial charge in [-0.15, -0.1) is 0 Å². The maximum atomic E-state index is 12.3. The molecule has 21 heavy (non-hydrogen) atoms. The third-order valence-electron chi connectivity index (χ3n) is 3.21. The van der Waals surface area contributed by atoms with E-state index in [4.69, 9.17) is 4.74 Å². The molecule has 3 heteroatoms. The van der Waals surface area contributed by atoms with Crippen molar-refractivity contribution in [2.45, 2.75) is 66.0 Å². The Kier molecular flexibility index (Phi) is 6.73. The first kappa shape index (κ1) is 17.5. The van der Waals surface area contributed by atoms with Crippen LogP contribution in [0.5, 0.6) is 0 Å². The van der Waals surface area contributed by atoms with E-state index in [0.717, 1.165) is 31.4 Å². The highest BCUT2D eigenvalue weighted by Gasteiger charge is 2.21. The van der Waals surface area contributed by atoms with Crippen LogP contribution in [0.1, 0.15) is 58.6 Å². The van der Waals surface area contributed by atoms with E-state index in [2.05, 4.69) is 38.1 Å². The van der Waals surface area contributed by atoms with Crippen LogP contribution < -0.4 is 0 Å². The van der Waals surface area contributed by atoms with Gasteiger partial charge in [-0.1, -0.05) is 44.5 Å². The summed E-state index contributed by atoms with van der Waals surface area (Å²) in [6.07, 6.45) is 2.84. The Morgan fingerprint density at radius 2 is 1.86 bits per heavy atom. The summed E-state index contributed by atoms with van der Waals surface area (Å²) in [5.41, 5.74) is 2.01. The van der Waals surface area contributed by atoms with Crippen LogP contribution in [-0.4, -0.2) is 23.1 Å². The number of carbonyl (C=O) groups is 1. The van der Waals surface area contributed by atoms with Gasteiger partial charge in [0.25, 0.3) is 0 Å². The number of benzene rings is 1. The third-order valence-corrected chi connectivity index (χ3v) is 3.21. The molecule has 0 atom stereocenters. The van der Waals surface area contributed by atoms with E-state index in [1.165, 1.54) is 5.56 Å². The molecule has 118 valence electrons. The molecule has 0 radical (unpaired) electrons. The van der Waals surface area contributed by atoms with E-state index >= 15 is 0 Å². The second-order valence-corrected chi connectivity index (χ2v) is 6.43. The van der Waals surface area contributed by atoms with E-state index in [1.54, 1.807) is 0 Å². The number of unbranched alkanes of at least 4 members (excludes halogenated alkanes) is 1. The maximum Gasteiger partial charge on any atom is 0.410 e. The molecule has 0 bridgehead atoms. The van der Waals surface area contributed by atoms with Crippen molar-refractivity contribution in [3.05, 3.63) is 35.4 Å². The third kappa shape index (κ3) is 6.65. The van der Waals surface area contributed by atoms with E-state index in [9.17, 15) is 4.79 Å². The van der Waals surface area contributed by atoms with Gasteiger partial charge in [0.1, 0.15) is 5.60 Å². The number of nitrogens with zero attached hydrogens (tertiary/aromatic N) is 1. The van der Waals surface area contributed by atoms with Gasteiger partial charge in [-0.3, -0.25) is 0 Å². The summed E-state index contributed by atoms with van der Waals surface area (Å²) in [4.78, 5) is 14.1. The van der Waals surface area contributed by atoms with Crippen molar-refractivity contribution in [1.29, 1.82) is 0 Å². The molecule has 0 N–H and O–H groups in total. The molecule has 1 aromatic carbocycles. The van der Waals surface area contributed by atoms with Gasteiger partial charge in [0.15, 0.2) is 0 Å². The van der Waals surface area contributed by atoms with Gasteiger partial charge in [-0.05, 0) is 44.7 Å². The minimum Gasteiger partial charge on any atom is -0.444 e. The molecule has 1 rings (SSSR count). The van der Waals surface area contributed by atoms with Crippen LogP contribution in [0.15, 0.2) is 24.3 Å². The van der Waals surface area contributed by atoms with Crippen LogP contribution in [0.3, 0.4) is 0 Å². The lowest BCUT2D eigenvalue weighted by Gasteiger charge is -2.27. The van der Waals surface area contributed by atoms with Gasteiger partial charge in [-0.2, -0.15) is 0 Å². The quantitative estimate of drug-likeness (QED) is 0.754. The largest absolute Gasteiger partial charge is 0.444 e. The van der Waals surface area contributed by atoms with Crippen LogP contribution in [-0.2, 0) is 17.7 Å². The molecular formula is C18H29NO2. The van der Waals surface area contributed by atoms with Gasteiger partial charge < -0.3 is 9.64 Å². The molecule has 0 fully saturated rings. The zero-order chi connectivity index (χ0) is 15.9. The molecule has 1 aromatic rings. The molecule has 3 nitrogen and oxygen atoms in total. The number of aryl methyl sites for hydroxylation is 1. The number of rotatable bonds is 6. The minimum atomic E-state index is -0.452. The van der Waals surface area contributed by atoms with Crippen LogP contribution in [0.25, 0.3) is 0 Å². The predicted octanol–water partition coefficient (Wildman–Crippen LogP) is 4.79. The molecular weight excluding hydrogens is 262 g/mol. The lowest BCUT2D eigenvalue weighted by molar-refractivity contribution is 0.0231. The van der Waals surface area contributed by atoms with Crippen LogP contribution in [0, 0.1) is 0 Å². The maximum absolute atomic E-state index is 12.3. The normalized spacial score (nSPS) is 11.3. The topological polar surface area (TPSA) is 29.5 Å². The molecule has 0 saturated heterocycles. The molecule has 0 spiro atoms. The Bertz CT molecular complexity index is 449. The highest BCUT2D eigenvalue weighted by atomic mass is 16.6. The standard InChI is InChI=1S/C18H29NO2/c1-6-8-12-19(17(20)21-18(3,4)5)14-16-11-9-10-15(7-2)13-16/h9-11,13H,6-8,12,14H2,1-5H3. The summed E-state index contributed by atoms with van der Waals surface area (Å²) in [5.74, 6) is 0. The van der Waals surface area contributed by atoms with Crippen molar-refractivity contribution in [1.82, 2.24) is 4.90 Å². The monoisotopic (exact) mass is 291 g/mol. The molecule has 0 aliphatic heterocycles. The average molecular weight is 291 g/mol. The Morgan fingerprint density at radius 3 is 2.43 bits per heavy atom. The first-order valence-corrected chi connectivity index (χ1v) is 7.91. The fraction of sp³-hybridized carbons (Fsp3) is 0.611. The van der Waals surface area contributed by atoms with Crippen molar-refractivity contribution >= 4 is 6.09 Å². The first-order chi connectivity index (χ1) is 9.85. The molecule has 0 aliphatic carbocycles. The van der Waals surface area contributed by atoms with Gasteiger partial charge in [0.05, 0.1) is 0 Å². The zero-order valence-electron chi connectivity index (χ0n) is 14.1. The van der Waals surface area contributed by atoms with Gasteiger partial charge >= 0.3 is 6.09 Å². The summed E-state index contributed by atoms with van der Waals surface area (Å²) >= 11 is 0.